The number of nitrogens with two attached hydrogens (primary N) is 1. The summed E-state index contributed by atoms with van der Waals surface area (Å²) in [5, 5.41) is 2.85. The van der Waals surface area contributed by atoms with Gasteiger partial charge in [-0.2, -0.15) is 0 Å². The Labute approximate surface area is 88.5 Å². The van der Waals surface area contributed by atoms with E-state index in [0.29, 0.717) is 6.54 Å². The third-order valence-corrected chi connectivity index (χ3v) is 2.18. The molecule has 0 aliphatic rings. The smallest absolute Gasteiger partial charge is 0.148 e. The van der Waals surface area contributed by atoms with Gasteiger partial charge in [0.25, 0.3) is 0 Å². The summed E-state index contributed by atoms with van der Waals surface area (Å²) in [4.78, 5) is 0. The van der Waals surface area contributed by atoms with Crippen LogP contribution in [-0.2, 0) is 0 Å². The standard InChI is InChI=1S/C11H16F2N2/c1-2-3-4-5-15-11-7-8(12)10(14)6-9(11)13/h6-7,15H,2-5,14H2,1H3. The van der Waals surface area contributed by atoms with Gasteiger partial charge in [0, 0.05) is 18.7 Å². The van der Waals surface area contributed by atoms with Crippen molar-refractivity contribution in [1.82, 2.24) is 0 Å². The van der Waals surface area contributed by atoms with E-state index < -0.39 is 11.6 Å². The molecule has 1 rings (SSSR count). The molecule has 0 atom stereocenters. The first-order valence-corrected chi connectivity index (χ1v) is 5.13. The molecule has 84 valence electrons. The normalized spacial score (nSPS) is 10.3. The number of nitrogens with one attached hydrogen (secondary N) is 1. The number of benzene rings is 1. The molecule has 0 bridgehead atoms. The lowest BCUT2D eigenvalue weighted by Crippen LogP contribution is -2.05. The Morgan fingerprint density at radius 3 is 2.60 bits per heavy atom. The van der Waals surface area contributed by atoms with Crippen molar-refractivity contribution in [1.29, 1.82) is 0 Å². The largest absolute Gasteiger partial charge is 0.396 e. The Morgan fingerprint density at radius 2 is 1.93 bits per heavy atom. The summed E-state index contributed by atoms with van der Waals surface area (Å²) in [6, 6.07) is 2.09. The number of rotatable bonds is 5. The van der Waals surface area contributed by atoms with E-state index in [2.05, 4.69) is 12.2 Å². The van der Waals surface area contributed by atoms with Crippen molar-refractivity contribution in [3.63, 3.8) is 0 Å². The summed E-state index contributed by atoms with van der Waals surface area (Å²) in [6.07, 6.45) is 3.12. The van der Waals surface area contributed by atoms with Crippen LogP contribution in [0.3, 0.4) is 0 Å². The molecule has 0 aromatic heterocycles. The van der Waals surface area contributed by atoms with Crippen LogP contribution in [-0.4, -0.2) is 6.54 Å². The highest BCUT2D eigenvalue weighted by Gasteiger charge is 2.06. The highest BCUT2D eigenvalue weighted by Crippen LogP contribution is 2.20. The number of halogens is 2. The first kappa shape index (κ1) is 11.8. The van der Waals surface area contributed by atoms with Crippen molar-refractivity contribution in [2.75, 3.05) is 17.6 Å². The molecule has 0 heterocycles. The van der Waals surface area contributed by atoms with Crippen LogP contribution < -0.4 is 11.1 Å². The van der Waals surface area contributed by atoms with Gasteiger partial charge in [-0.15, -0.1) is 0 Å². The van der Waals surface area contributed by atoms with Crippen molar-refractivity contribution in [3.05, 3.63) is 23.8 Å². The van der Waals surface area contributed by atoms with Crippen LogP contribution in [0, 0.1) is 11.6 Å². The van der Waals surface area contributed by atoms with Crippen molar-refractivity contribution in [3.8, 4) is 0 Å². The van der Waals surface area contributed by atoms with Gasteiger partial charge >= 0.3 is 0 Å². The van der Waals surface area contributed by atoms with E-state index in [1.807, 2.05) is 0 Å². The van der Waals surface area contributed by atoms with Gasteiger partial charge in [0.05, 0.1) is 11.4 Å². The molecule has 0 saturated heterocycles. The van der Waals surface area contributed by atoms with Crippen LogP contribution in [0.25, 0.3) is 0 Å². The van der Waals surface area contributed by atoms with Crippen LogP contribution in [0.15, 0.2) is 12.1 Å². The lowest BCUT2D eigenvalue weighted by Gasteiger charge is -2.08. The van der Waals surface area contributed by atoms with Crippen molar-refractivity contribution < 1.29 is 8.78 Å². The molecule has 0 spiro atoms. The minimum Gasteiger partial charge on any atom is -0.396 e. The van der Waals surface area contributed by atoms with E-state index in [4.69, 9.17) is 5.73 Å². The molecular weight excluding hydrogens is 198 g/mol. The van der Waals surface area contributed by atoms with Crippen LogP contribution in [0.2, 0.25) is 0 Å². The van der Waals surface area contributed by atoms with Gasteiger partial charge < -0.3 is 11.1 Å². The SMILES string of the molecule is CCCCCNc1cc(F)c(N)cc1F. The number of unbranched alkanes of at least 4 members (excludes halogenated alkanes) is 2. The van der Waals surface area contributed by atoms with Crippen molar-refractivity contribution in [2.24, 2.45) is 0 Å². The zero-order valence-corrected chi connectivity index (χ0v) is 8.82. The summed E-state index contributed by atoms with van der Waals surface area (Å²) >= 11 is 0. The highest BCUT2D eigenvalue weighted by atomic mass is 19.1. The van der Waals surface area contributed by atoms with E-state index in [0.717, 1.165) is 31.4 Å². The third-order valence-electron chi connectivity index (χ3n) is 2.18. The van der Waals surface area contributed by atoms with E-state index in [9.17, 15) is 8.78 Å². The minimum atomic E-state index is -0.589. The average molecular weight is 214 g/mol. The number of anilines is 2. The molecule has 2 nitrogen and oxygen atoms in total. The number of hydrogen-bond donors (Lipinski definition) is 2. The first-order valence-electron chi connectivity index (χ1n) is 5.13. The summed E-state index contributed by atoms with van der Waals surface area (Å²) in [7, 11) is 0. The van der Waals surface area contributed by atoms with Crippen LogP contribution in [0.4, 0.5) is 20.2 Å². The lowest BCUT2D eigenvalue weighted by molar-refractivity contribution is 0.605. The van der Waals surface area contributed by atoms with Crippen molar-refractivity contribution >= 4 is 11.4 Å². The zero-order valence-electron chi connectivity index (χ0n) is 8.82. The molecule has 3 N–H and O–H groups in total. The molecule has 0 radical (unpaired) electrons. The monoisotopic (exact) mass is 214 g/mol. The minimum absolute atomic E-state index is 0.161. The molecule has 0 amide bonds. The van der Waals surface area contributed by atoms with Crippen molar-refractivity contribution in [2.45, 2.75) is 26.2 Å². The van der Waals surface area contributed by atoms with E-state index in [1.165, 1.54) is 0 Å². The Kier molecular flexibility index (Phi) is 4.34. The second-order valence-electron chi connectivity index (χ2n) is 3.49. The molecule has 0 aliphatic carbocycles. The Hall–Kier alpha value is -1.32. The summed E-state index contributed by atoms with van der Waals surface area (Å²) in [5.74, 6) is -1.10. The maximum Gasteiger partial charge on any atom is 0.148 e. The molecule has 0 fully saturated rings. The summed E-state index contributed by atoms with van der Waals surface area (Å²) in [5.41, 5.74) is 5.24. The second-order valence-corrected chi connectivity index (χ2v) is 3.49. The molecule has 4 heteroatoms. The van der Waals surface area contributed by atoms with E-state index in [1.54, 1.807) is 0 Å². The van der Waals surface area contributed by atoms with E-state index in [-0.39, 0.29) is 11.4 Å². The molecule has 15 heavy (non-hydrogen) atoms. The lowest BCUT2D eigenvalue weighted by atomic mass is 10.2. The zero-order chi connectivity index (χ0) is 11.3. The third kappa shape index (κ3) is 3.38. The Bertz CT molecular complexity index is 327. The molecule has 0 unspecified atom stereocenters. The van der Waals surface area contributed by atoms with Crippen LogP contribution in [0.1, 0.15) is 26.2 Å². The highest BCUT2D eigenvalue weighted by molar-refractivity contribution is 5.53. The van der Waals surface area contributed by atoms with Gasteiger partial charge in [0.1, 0.15) is 11.6 Å². The maximum atomic E-state index is 13.2. The fourth-order valence-corrected chi connectivity index (χ4v) is 1.30. The summed E-state index contributed by atoms with van der Waals surface area (Å²) in [6.45, 7) is 2.73. The topological polar surface area (TPSA) is 38.0 Å². The predicted molar refractivity (Wildman–Crippen MR) is 58.8 cm³/mol. The maximum absolute atomic E-state index is 13.2. The fourth-order valence-electron chi connectivity index (χ4n) is 1.30. The summed E-state index contributed by atoms with van der Waals surface area (Å²) < 4.78 is 26.2. The van der Waals surface area contributed by atoms with Gasteiger partial charge in [0.2, 0.25) is 0 Å². The van der Waals surface area contributed by atoms with Gasteiger partial charge in [-0.1, -0.05) is 19.8 Å². The predicted octanol–water partition coefficient (Wildman–Crippen LogP) is 3.15. The molecule has 1 aromatic carbocycles. The van der Waals surface area contributed by atoms with Crippen LogP contribution in [0.5, 0.6) is 0 Å². The Balaban J connectivity index is 2.57. The Morgan fingerprint density at radius 1 is 1.20 bits per heavy atom. The quantitative estimate of drug-likeness (QED) is 0.583. The van der Waals surface area contributed by atoms with Crippen LogP contribution >= 0.6 is 0 Å². The average Bonchev–Trinajstić information content (AvgIpc) is 2.20. The van der Waals surface area contributed by atoms with Gasteiger partial charge in [0.15, 0.2) is 0 Å². The van der Waals surface area contributed by atoms with E-state index >= 15 is 0 Å². The molecule has 0 aliphatic heterocycles. The fraction of sp³-hybridized carbons (Fsp3) is 0.455. The van der Waals surface area contributed by atoms with Gasteiger partial charge in [-0.05, 0) is 6.42 Å². The van der Waals surface area contributed by atoms with Gasteiger partial charge in [-0.3, -0.25) is 0 Å². The molecule has 1 aromatic rings. The molecular formula is C11H16F2N2. The number of hydrogen-bond acceptors (Lipinski definition) is 2. The number of nitrogen functional groups attached to an aromatic ring is 1. The molecule has 0 saturated carbocycles. The first-order chi connectivity index (χ1) is 7.15. The second kappa shape index (κ2) is 5.53. The van der Waals surface area contributed by atoms with Gasteiger partial charge in [-0.25, -0.2) is 8.78 Å².